The summed E-state index contributed by atoms with van der Waals surface area (Å²) in [6.45, 7) is 3.87. The van der Waals surface area contributed by atoms with E-state index < -0.39 is 9.84 Å². The van der Waals surface area contributed by atoms with Gasteiger partial charge in [-0.25, -0.2) is 8.42 Å². The molecule has 4 heteroatoms. The summed E-state index contributed by atoms with van der Waals surface area (Å²) in [5.41, 5.74) is 0. The Bertz CT molecular complexity index is 470. The number of piperidine rings is 1. The molecule has 1 aliphatic heterocycles. The molecule has 1 fully saturated rings. The van der Waals surface area contributed by atoms with Crippen LogP contribution in [-0.2, 0) is 9.84 Å². The molecule has 1 saturated heterocycles. The lowest BCUT2D eigenvalue weighted by Crippen LogP contribution is -2.40. The van der Waals surface area contributed by atoms with E-state index in [1.165, 1.54) is 19.3 Å². The van der Waals surface area contributed by atoms with Crippen molar-refractivity contribution >= 4 is 9.84 Å². The molecule has 1 heterocycles. The Hall–Kier alpha value is -0.870. The topological polar surface area (TPSA) is 37.4 Å². The smallest absolute Gasteiger partial charge is 0.179 e. The van der Waals surface area contributed by atoms with Gasteiger partial charge in [0.1, 0.15) is 0 Å². The molecule has 1 unspecified atom stereocenters. The van der Waals surface area contributed by atoms with Crippen molar-refractivity contribution in [1.29, 1.82) is 0 Å². The van der Waals surface area contributed by atoms with Crippen LogP contribution >= 0.6 is 0 Å². The molecule has 3 nitrogen and oxygen atoms in total. The number of sulfone groups is 1. The zero-order valence-corrected chi connectivity index (χ0v) is 11.7. The van der Waals surface area contributed by atoms with Gasteiger partial charge in [-0.15, -0.1) is 0 Å². The Balaban J connectivity index is 1.97. The van der Waals surface area contributed by atoms with E-state index in [9.17, 15) is 8.42 Å². The number of nitrogens with zero attached hydrogens (tertiary/aromatic N) is 1. The predicted octanol–water partition coefficient (Wildman–Crippen LogP) is 2.33. The van der Waals surface area contributed by atoms with Gasteiger partial charge in [-0.05, 0) is 38.4 Å². The fourth-order valence-electron chi connectivity index (χ4n) is 2.47. The fourth-order valence-corrected chi connectivity index (χ4v) is 3.76. The Morgan fingerprint density at radius 2 is 1.94 bits per heavy atom. The van der Waals surface area contributed by atoms with Crippen molar-refractivity contribution in [2.24, 2.45) is 0 Å². The largest absolute Gasteiger partial charge is 0.300 e. The van der Waals surface area contributed by atoms with E-state index in [1.807, 2.05) is 6.07 Å². The molecule has 0 amide bonds. The van der Waals surface area contributed by atoms with Crippen LogP contribution in [0.3, 0.4) is 0 Å². The minimum atomic E-state index is -3.12. The third-order valence-corrected chi connectivity index (χ3v) is 5.40. The molecule has 1 aromatic rings. The van der Waals surface area contributed by atoms with Crippen molar-refractivity contribution in [3.63, 3.8) is 0 Å². The Kier molecular flexibility index (Phi) is 4.40. The van der Waals surface area contributed by atoms with Crippen molar-refractivity contribution in [1.82, 2.24) is 4.90 Å². The highest BCUT2D eigenvalue weighted by molar-refractivity contribution is 7.91. The first-order chi connectivity index (χ1) is 8.59. The Morgan fingerprint density at radius 3 is 2.61 bits per heavy atom. The SMILES string of the molecule is CC1CCCCN1CCS(=O)(=O)c1ccccc1. The first-order valence-electron chi connectivity index (χ1n) is 6.61. The summed E-state index contributed by atoms with van der Waals surface area (Å²) in [4.78, 5) is 2.74. The van der Waals surface area contributed by atoms with Crippen molar-refractivity contribution < 1.29 is 8.42 Å². The molecule has 1 atom stereocenters. The second-order valence-electron chi connectivity index (χ2n) is 5.01. The highest BCUT2D eigenvalue weighted by Crippen LogP contribution is 2.17. The van der Waals surface area contributed by atoms with E-state index in [4.69, 9.17) is 0 Å². The van der Waals surface area contributed by atoms with Crippen LogP contribution in [0.1, 0.15) is 26.2 Å². The maximum atomic E-state index is 12.2. The average Bonchev–Trinajstić information content (AvgIpc) is 2.39. The summed E-state index contributed by atoms with van der Waals surface area (Å²) >= 11 is 0. The molecule has 1 aromatic carbocycles. The van der Waals surface area contributed by atoms with Gasteiger partial charge in [-0.1, -0.05) is 24.6 Å². The van der Waals surface area contributed by atoms with Crippen LogP contribution in [0.4, 0.5) is 0 Å². The summed E-state index contributed by atoms with van der Waals surface area (Å²) in [5, 5.41) is 0. The van der Waals surface area contributed by atoms with Gasteiger partial charge in [0.2, 0.25) is 0 Å². The van der Waals surface area contributed by atoms with E-state index in [1.54, 1.807) is 24.3 Å². The summed E-state index contributed by atoms with van der Waals surface area (Å²) in [7, 11) is -3.12. The summed E-state index contributed by atoms with van der Waals surface area (Å²) < 4.78 is 24.3. The first kappa shape index (κ1) is 13.6. The maximum absolute atomic E-state index is 12.2. The monoisotopic (exact) mass is 267 g/mol. The highest BCUT2D eigenvalue weighted by Gasteiger charge is 2.21. The third-order valence-electron chi connectivity index (χ3n) is 3.69. The van der Waals surface area contributed by atoms with E-state index in [0.29, 0.717) is 17.5 Å². The van der Waals surface area contributed by atoms with E-state index >= 15 is 0 Å². The quantitative estimate of drug-likeness (QED) is 0.840. The molecule has 100 valence electrons. The van der Waals surface area contributed by atoms with Gasteiger partial charge >= 0.3 is 0 Å². The average molecular weight is 267 g/mol. The molecule has 1 aliphatic rings. The van der Waals surface area contributed by atoms with Gasteiger partial charge < -0.3 is 0 Å². The van der Waals surface area contributed by atoms with Crippen LogP contribution in [-0.4, -0.2) is 38.2 Å². The van der Waals surface area contributed by atoms with Crippen LogP contribution in [0.2, 0.25) is 0 Å². The molecule has 0 aliphatic carbocycles. The predicted molar refractivity (Wildman–Crippen MR) is 73.4 cm³/mol. The molecule has 0 radical (unpaired) electrons. The zero-order valence-electron chi connectivity index (χ0n) is 10.9. The van der Waals surface area contributed by atoms with Gasteiger partial charge in [0, 0.05) is 12.6 Å². The maximum Gasteiger partial charge on any atom is 0.179 e. The normalized spacial score (nSPS) is 21.9. The fraction of sp³-hybridized carbons (Fsp3) is 0.571. The lowest BCUT2D eigenvalue weighted by atomic mass is 10.0. The number of benzene rings is 1. The zero-order chi connectivity index (χ0) is 13.0. The van der Waals surface area contributed by atoms with Gasteiger partial charge in [0.05, 0.1) is 10.6 Å². The van der Waals surface area contributed by atoms with E-state index in [0.717, 1.165) is 6.54 Å². The summed E-state index contributed by atoms with van der Waals surface area (Å²) in [6.07, 6.45) is 3.64. The molecule has 18 heavy (non-hydrogen) atoms. The highest BCUT2D eigenvalue weighted by atomic mass is 32.2. The van der Waals surface area contributed by atoms with Crippen LogP contribution < -0.4 is 0 Å². The van der Waals surface area contributed by atoms with Crippen molar-refractivity contribution in [3.05, 3.63) is 30.3 Å². The van der Waals surface area contributed by atoms with Gasteiger partial charge in [0.15, 0.2) is 9.84 Å². The van der Waals surface area contributed by atoms with Crippen molar-refractivity contribution in [3.8, 4) is 0 Å². The number of hydrogen-bond acceptors (Lipinski definition) is 3. The second kappa shape index (κ2) is 5.85. The Morgan fingerprint density at radius 1 is 1.22 bits per heavy atom. The lowest BCUT2D eigenvalue weighted by molar-refractivity contribution is 0.170. The third kappa shape index (κ3) is 3.33. The second-order valence-corrected chi connectivity index (χ2v) is 7.12. The van der Waals surface area contributed by atoms with E-state index in [-0.39, 0.29) is 5.75 Å². The Labute approximate surface area is 110 Å². The molecule has 0 spiro atoms. The van der Waals surface area contributed by atoms with Crippen molar-refractivity contribution in [2.45, 2.75) is 37.1 Å². The molecule has 2 rings (SSSR count). The molecule has 0 aromatic heterocycles. The van der Waals surface area contributed by atoms with Gasteiger partial charge in [0.25, 0.3) is 0 Å². The molecular formula is C14H21NO2S. The van der Waals surface area contributed by atoms with Crippen LogP contribution in [0.15, 0.2) is 35.2 Å². The van der Waals surface area contributed by atoms with Crippen molar-refractivity contribution in [2.75, 3.05) is 18.8 Å². The summed E-state index contributed by atoms with van der Waals surface area (Å²) in [6, 6.07) is 9.26. The number of likely N-dealkylation sites (tertiary alicyclic amines) is 1. The molecular weight excluding hydrogens is 246 g/mol. The van der Waals surface area contributed by atoms with Gasteiger partial charge in [-0.3, -0.25) is 4.90 Å². The molecule has 0 saturated carbocycles. The lowest BCUT2D eigenvalue weighted by Gasteiger charge is -2.33. The standard InChI is InChI=1S/C14H21NO2S/c1-13-7-5-6-10-15(13)11-12-18(16,17)14-8-3-2-4-9-14/h2-4,8-9,13H,5-7,10-12H2,1H3. The van der Waals surface area contributed by atoms with Gasteiger partial charge in [-0.2, -0.15) is 0 Å². The molecule has 0 N–H and O–H groups in total. The minimum Gasteiger partial charge on any atom is -0.300 e. The number of hydrogen-bond donors (Lipinski definition) is 0. The van der Waals surface area contributed by atoms with E-state index in [2.05, 4.69) is 11.8 Å². The minimum absolute atomic E-state index is 0.224. The van der Waals surface area contributed by atoms with Crippen LogP contribution in [0.5, 0.6) is 0 Å². The molecule has 0 bridgehead atoms. The van der Waals surface area contributed by atoms with Crippen LogP contribution in [0, 0.1) is 0 Å². The summed E-state index contributed by atoms with van der Waals surface area (Å²) in [5.74, 6) is 0.224. The number of rotatable bonds is 4. The van der Waals surface area contributed by atoms with Crippen LogP contribution in [0.25, 0.3) is 0 Å². The first-order valence-corrected chi connectivity index (χ1v) is 8.27.